The van der Waals surface area contributed by atoms with Crippen molar-refractivity contribution in [3.05, 3.63) is 0 Å². The number of carbonyl (C=O) groups is 1. The summed E-state index contributed by atoms with van der Waals surface area (Å²) in [7, 11) is 0. The fourth-order valence-electron chi connectivity index (χ4n) is 1.68. The van der Waals surface area contributed by atoms with Crippen LogP contribution in [0.15, 0.2) is 0 Å². The minimum atomic E-state index is -0.0802. The molecule has 1 amide bonds. The first-order chi connectivity index (χ1) is 7.11. The molecular formula is C11H20BrNO2. The molecule has 0 bridgehead atoms. The first kappa shape index (κ1) is 13.0. The van der Waals surface area contributed by atoms with Gasteiger partial charge in [0.2, 0.25) is 5.91 Å². The maximum atomic E-state index is 11.9. The van der Waals surface area contributed by atoms with Gasteiger partial charge >= 0.3 is 0 Å². The predicted molar refractivity (Wildman–Crippen MR) is 64.2 cm³/mol. The van der Waals surface area contributed by atoms with Crippen LogP contribution in [0.2, 0.25) is 0 Å². The topological polar surface area (TPSA) is 38.3 Å². The fraction of sp³-hybridized carbons (Fsp3) is 0.909. The van der Waals surface area contributed by atoms with Crippen LogP contribution in [-0.4, -0.2) is 30.0 Å². The SMILES string of the molecule is CCC(C)(CCBr)NC(=O)C1CCOC1. The van der Waals surface area contributed by atoms with Crippen LogP contribution in [0.3, 0.4) is 0 Å². The van der Waals surface area contributed by atoms with Crippen LogP contribution >= 0.6 is 15.9 Å². The Balaban J connectivity index is 2.46. The van der Waals surface area contributed by atoms with Crippen molar-refractivity contribution in [3.63, 3.8) is 0 Å². The number of hydrogen-bond donors (Lipinski definition) is 1. The van der Waals surface area contributed by atoms with E-state index in [4.69, 9.17) is 4.74 Å². The molecule has 1 rings (SSSR count). The molecule has 0 aromatic rings. The van der Waals surface area contributed by atoms with E-state index >= 15 is 0 Å². The normalized spacial score (nSPS) is 24.9. The van der Waals surface area contributed by atoms with E-state index in [1.54, 1.807) is 0 Å². The zero-order chi connectivity index (χ0) is 11.3. The number of hydrogen-bond acceptors (Lipinski definition) is 2. The summed E-state index contributed by atoms with van der Waals surface area (Å²) in [6.45, 7) is 5.51. The van der Waals surface area contributed by atoms with E-state index in [2.05, 4.69) is 35.1 Å². The Morgan fingerprint density at radius 3 is 2.87 bits per heavy atom. The van der Waals surface area contributed by atoms with Crippen molar-refractivity contribution in [2.75, 3.05) is 18.5 Å². The Morgan fingerprint density at radius 2 is 2.40 bits per heavy atom. The lowest BCUT2D eigenvalue weighted by Gasteiger charge is -2.30. The number of amides is 1. The van der Waals surface area contributed by atoms with Crippen molar-refractivity contribution < 1.29 is 9.53 Å². The molecule has 3 nitrogen and oxygen atoms in total. The Hall–Kier alpha value is -0.0900. The molecule has 0 aliphatic carbocycles. The molecule has 1 N–H and O–H groups in total. The summed E-state index contributed by atoms with van der Waals surface area (Å²) in [5.41, 5.74) is -0.0802. The molecule has 2 unspecified atom stereocenters. The molecule has 0 aromatic carbocycles. The van der Waals surface area contributed by atoms with Gasteiger partial charge in [0.1, 0.15) is 0 Å². The molecule has 1 heterocycles. The van der Waals surface area contributed by atoms with Gasteiger partial charge in [-0.25, -0.2) is 0 Å². The molecule has 1 saturated heterocycles. The number of halogens is 1. The van der Waals surface area contributed by atoms with Gasteiger partial charge in [0.15, 0.2) is 0 Å². The Bertz CT molecular complexity index is 217. The number of ether oxygens (including phenoxy) is 1. The van der Waals surface area contributed by atoms with E-state index in [1.165, 1.54) is 0 Å². The van der Waals surface area contributed by atoms with Gasteiger partial charge < -0.3 is 10.1 Å². The molecule has 15 heavy (non-hydrogen) atoms. The van der Waals surface area contributed by atoms with Gasteiger partial charge in [-0.2, -0.15) is 0 Å². The van der Waals surface area contributed by atoms with Crippen molar-refractivity contribution in [1.29, 1.82) is 0 Å². The van der Waals surface area contributed by atoms with Crippen LogP contribution in [0.5, 0.6) is 0 Å². The molecule has 1 aliphatic heterocycles. The van der Waals surface area contributed by atoms with E-state index in [-0.39, 0.29) is 17.4 Å². The largest absolute Gasteiger partial charge is 0.381 e. The summed E-state index contributed by atoms with van der Waals surface area (Å²) in [5.74, 6) is 0.212. The number of alkyl halides is 1. The highest BCUT2D eigenvalue weighted by atomic mass is 79.9. The lowest BCUT2D eigenvalue weighted by molar-refractivity contribution is -0.126. The van der Waals surface area contributed by atoms with Crippen LogP contribution in [0, 0.1) is 5.92 Å². The summed E-state index contributed by atoms with van der Waals surface area (Å²) in [6.07, 6.45) is 2.78. The zero-order valence-corrected chi connectivity index (χ0v) is 11.1. The second-order valence-corrected chi connectivity index (χ2v) is 5.20. The third-order valence-corrected chi connectivity index (χ3v) is 3.55. The second kappa shape index (κ2) is 5.85. The summed E-state index contributed by atoms with van der Waals surface area (Å²) in [4.78, 5) is 11.9. The van der Waals surface area contributed by atoms with Crippen molar-refractivity contribution in [3.8, 4) is 0 Å². The average molecular weight is 278 g/mol. The quantitative estimate of drug-likeness (QED) is 0.782. The highest BCUT2D eigenvalue weighted by molar-refractivity contribution is 9.09. The minimum Gasteiger partial charge on any atom is -0.381 e. The van der Waals surface area contributed by atoms with Gasteiger partial charge in [-0.3, -0.25) is 4.79 Å². The maximum Gasteiger partial charge on any atom is 0.225 e. The molecule has 0 saturated carbocycles. The van der Waals surface area contributed by atoms with E-state index in [1.807, 2.05) is 0 Å². The summed E-state index contributed by atoms with van der Waals surface area (Å²) >= 11 is 3.42. The van der Waals surface area contributed by atoms with E-state index in [0.29, 0.717) is 6.61 Å². The van der Waals surface area contributed by atoms with Gasteiger partial charge in [0.25, 0.3) is 0 Å². The predicted octanol–water partition coefficient (Wildman–Crippen LogP) is 2.09. The first-order valence-corrected chi connectivity index (χ1v) is 6.69. The van der Waals surface area contributed by atoms with Crippen LogP contribution in [0.25, 0.3) is 0 Å². The molecule has 0 radical (unpaired) electrons. The minimum absolute atomic E-state index is 0.0613. The molecule has 1 aliphatic rings. The highest BCUT2D eigenvalue weighted by Gasteiger charge is 2.29. The molecule has 4 heteroatoms. The maximum absolute atomic E-state index is 11.9. The molecule has 0 spiro atoms. The zero-order valence-electron chi connectivity index (χ0n) is 9.51. The lowest BCUT2D eigenvalue weighted by atomic mass is 9.94. The summed E-state index contributed by atoms with van der Waals surface area (Å²) in [6, 6.07) is 0. The van der Waals surface area contributed by atoms with Crippen LogP contribution in [0.1, 0.15) is 33.1 Å². The van der Waals surface area contributed by atoms with Crippen LogP contribution < -0.4 is 5.32 Å². The molecule has 2 atom stereocenters. The average Bonchev–Trinajstić information content (AvgIpc) is 2.71. The van der Waals surface area contributed by atoms with Crippen molar-refractivity contribution in [2.24, 2.45) is 5.92 Å². The van der Waals surface area contributed by atoms with Crippen molar-refractivity contribution in [1.82, 2.24) is 5.32 Å². The Morgan fingerprint density at radius 1 is 1.67 bits per heavy atom. The number of nitrogens with one attached hydrogen (secondary N) is 1. The highest BCUT2D eigenvalue weighted by Crippen LogP contribution is 2.19. The second-order valence-electron chi connectivity index (χ2n) is 4.40. The van der Waals surface area contributed by atoms with Crippen LogP contribution in [0.4, 0.5) is 0 Å². The molecular weight excluding hydrogens is 258 g/mol. The van der Waals surface area contributed by atoms with Crippen molar-refractivity contribution >= 4 is 21.8 Å². The molecule has 0 aromatic heterocycles. The van der Waals surface area contributed by atoms with E-state index in [9.17, 15) is 4.79 Å². The number of carbonyl (C=O) groups excluding carboxylic acids is 1. The third kappa shape index (κ3) is 3.76. The number of rotatable bonds is 5. The lowest BCUT2D eigenvalue weighted by Crippen LogP contribution is -2.48. The summed E-state index contributed by atoms with van der Waals surface area (Å²) < 4.78 is 5.22. The standard InChI is InChI=1S/C11H20BrNO2/c1-3-11(2,5-6-12)13-10(14)9-4-7-15-8-9/h9H,3-8H2,1-2H3,(H,13,14). The monoisotopic (exact) mass is 277 g/mol. The Labute approximate surface area is 100 Å². The van der Waals surface area contributed by atoms with Gasteiger partial charge in [-0.05, 0) is 26.2 Å². The van der Waals surface area contributed by atoms with Gasteiger partial charge in [-0.1, -0.05) is 22.9 Å². The molecule has 1 fully saturated rings. The Kier molecular flexibility index (Phi) is 5.06. The van der Waals surface area contributed by atoms with Crippen molar-refractivity contribution in [2.45, 2.75) is 38.6 Å². The van der Waals surface area contributed by atoms with Gasteiger partial charge in [-0.15, -0.1) is 0 Å². The van der Waals surface area contributed by atoms with Gasteiger partial charge in [0.05, 0.1) is 12.5 Å². The smallest absolute Gasteiger partial charge is 0.225 e. The summed E-state index contributed by atoms with van der Waals surface area (Å²) in [5, 5.41) is 4.05. The molecule has 88 valence electrons. The van der Waals surface area contributed by atoms with Gasteiger partial charge in [0, 0.05) is 17.5 Å². The van der Waals surface area contributed by atoms with E-state index in [0.717, 1.165) is 31.2 Å². The van der Waals surface area contributed by atoms with Crippen LogP contribution in [-0.2, 0) is 9.53 Å². The fourth-order valence-corrected chi connectivity index (χ4v) is 2.55. The third-order valence-electron chi connectivity index (χ3n) is 3.15. The van der Waals surface area contributed by atoms with E-state index < -0.39 is 0 Å². The first-order valence-electron chi connectivity index (χ1n) is 5.57.